The minimum absolute atomic E-state index is 0.165. The third-order valence-corrected chi connectivity index (χ3v) is 4.74. The number of hydrogen-bond acceptors (Lipinski definition) is 3. The van der Waals surface area contributed by atoms with Gasteiger partial charge in [0.15, 0.2) is 0 Å². The summed E-state index contributed by atoms with van der Waals surface area (Å²) in [5, 5.41) is 15.2. The zero-order valence-corrected chi connectivity index (χ0v) is 13.4. The van der Waals surface area contributed by atoms with Gasteiger partial charge in [-0.2, -0.15) is 0 Å². The van der Waals surface area contributed by atoms with Crippen molar-refractivity contribution in [3.05, 3.63) is 58.0 Å². The molecule has 2 amide bonds. The fourth-order valence-electron chi connectivity index (χ4n) is 2.44. The predicted molar refractivity (Wildman–Crippen MR) is 87.6 cm³/mol. The summed E-state index contributed by atoms with van der Waals surface area (Å²) in [5.41, 5.74) is 0.614. The Morgan fingerprint density at radius 3 is 2.70 bits per heavy atom. The topological polar surface area (TPSA) is 52.6 Å². The average molecular weight is 334 g/mol. The van der Waals surface area contributed by atoms with Gasteiger partial charge in [-0.05, 0) is 42.0 Å². The van der Waals surface area contributed by atoms with Crippen molar-refractivity contribution in [2.45, 2.75) is 31.5 Å². The molecule has 4 nitrogen and oxygen atoms in total. The van der Waals surface area contributed by atoms with Crippen molar-refractivity contribution >= 4 is 17.4 Å². The lowest BCUT2D eigenvalue weighted by molar-refractivity contribution is 0.117. The Morgan fingerprint density at radius 1 is 1.35 bits per heavy atom. The molecule has 0 radical (unpaired) electrons. The first-order valence-electron chi connectivity index (χ1n) is 7.64. The van der Waals surface area contributed by atoms with Crippen molar-refractivity contribution in [2.75, 3.05) is 6.54 Å². The summed E-state index contributed by atoms with van der Waals surface area (Å²) < 4.78 is 13.0. The van der Waals surface area contributed by atoms with Gasteiger partial charge in [0, 0.05) is 10.9 Å². The molecule has 1 unspecified atom stereocenters. The van der Waals surface area contributed by atoms with Gasteiger partial charge >= 0.3 is 6.03 Å². The van der Waals surface area contributed by atoms with E-state index in [2.05, 4.69) is 5.32 Å². The maximum atomic E-state index is 13.0. The maximum Gasteiger partial charge on any atom is 0.318 e. The van der Waals surface area contributed by atoms with Crippen molar-refractivity contribution in [2.24, 2.45) is 0 Å². The van der Waals surface area contributed by atoms with E-state index in [1.54, 1.807) is 28.4 Å². The number of amides is 2. The van der Waals surface area contributed by atoms with Gasteiger partial charge in [0.2, 0.25) is 0 Å². The molecule has 1 saturated carbocycles. The molecule has 1 atom stereocenters. The van der Waals surface area contributed by atoms with Gasteiger partial charge in [-0.25, -0.2) is 9.18 Å². The van der Waals surface area contributed by atoms with E-state index in [0.29, 0.717) is 12.1 Å². The second-order valence-electron chi connectivity index (χ2n) is 5.69. The number of benzene rings is 1. The third-order valence-electron chi connectivity index (χ3n) is 3.87. The van der Waals surface area contributed by atoms with Crippen LogP contribution in [0.25, 0.3) is 0 Å². The first-order chi connectivity index (χ1) is 11.1. The lowest BCUT2D eigenvalue weighted by atomic mass is 10.1. The van der Waals surface area contributed by atoms with Crippen LogP contribution in [0.3, 0.4) is 0 Å². The summed E-state index contributed by atoms with van der Waals surface area (Å²) in [5.74, 6) is -0.339. The number of halogens is 1. The average Bonchev–Trinajstić information content (AvgIpc) is 3.26. The number of aliphatic hydroxyl groups is 1. The normalized spacial score (nSPS) is 15.2. The van der Waals surface area contributed by atoms with Crippen molar-refractivity contribution < 1.29 is 14.3 Å². The second kappa shape index (κ2) is 7.10. The lowest BCUT2D eigenvalue weighted by Gasteiger charge is -2.25. The summed E-state index contributed by atoms with van der Waals surface area (Å²) >= 11 is 1.59. The van der Waals surface area contributed by atoms with Gasteiger partial charge in [0.1, 0.15) is 5.82 Å². The van der Waals surface area contributed by atoms with Crippen molar-refractivity contribution in [3.63, 3.8) is 0 Å². The molecular weight excluding hydrogens is 315 g/mol. The molecule has 1 heterocycles. The van der Waals surface area contributed by atoms with E-state index in [4.69, 9.17) is 0 Å². The van der Waals surface area contributed by atoms with Crippen LogP contribution in [0.2, 0.25) is 0 Å². The van der Waals surface area contributed by atoms with Crippen LogP contribution >= 0.6 is 11.3 Å². The lowest BCUT2D eigenvalue weighted by Crippen LogP contribution is -2.43. The number of hydrogen-bond donors (Lipinski definition) is 2. The smallest absolute Gasteiger partial charge is 0.318 e. The van der Waals surface area contributed by atoms with Crippen LogP contribution in [0.5, 0.6) is 0 Å². The highest BCUT2D eigenvalue weighted by Crippen LogP contribution is 2.29. The van der Waals surface area contributed by atoms with Gasteiger partial charge in [-0.3, -0.25) is 0 Å². The first kappa shape index (κ1) is 16.0. The van der Waals surface area contributed by atoms with Crippen LogP contribution < -0.4 is 5.32 Å². The van der Waals surface area contributed by atoms with Crippen LogP contribution in [-0.4, -0.2) is 28.6 Å². The SMILES string of the molecule is O=C(NCc1cccs1)N(CC(O)c1ccc(F)cc1)C1CC1. The zero-order valence-electron chi connectivity index (χ0n) is 12.6. The zero-order chi connectivity index (χ0) is 16.2. The number of thiophene rings is 1. The van der Waals surface area contributed by atoms with E-state index in [1.807, 2.05) is 17.5 Å². The summed E-state index contributed by atoms with van der Waals surface area (Å²) in [6.45, 7) is 0.707. The Kier molecular flexibility index (Phi) is 4.93. The molecule has 1 aromatic carbocycles. The van der Waals surface area contributed by atoms with E-state index in [-0.39, 0.29) is 24.4 Å². The molecule has 0 aliphatic heterocycles. The molecule has 6 heteroatoms. The molecule has 0 bridgehead atoms. The standard InChI is InChI=1S/C17H19FN2O2S/c18-13-5-3-12(4-6-13)16(21)11-20(14-7-8-14)17(22)19-10-15-2-1-9-23-15/h1-6,9,14,16,21H,7-8,10-11H2,(H,19,22). The molecular formula is C17H19FN2O2S. The van der Waals surface area contributed by atoms with Crippen LogP contribution in [0, 0.1) is 5.82 Å². The van der Waals surface area contributed by atoms with Crippen LogP contribution in [0.1, 0.15) is 29.4 Å². The Bertz CT molecular complexity index is 641. The van der Waals surface area contributed by atoms with Crippen LogP contribution in [-0.2, 0) is 6.54 Å². The number of carbonyl (C=O) groups excluding carboxylic acids is 1. The third kappa shape index (κ3) is 4.30. The number of urea groups is 1. The van der Waals surface area contributed by atoms with E-state index >= 15 is 0 Å². The van der Waals surface area contributed by atoms with Crippen molar-refractivity contribution in [3.8, 4) is 0 Å². The fourth-order valence-corrected chi connectivity index (χ4v) is 3.08. The minimum atomic E-state index is -0.816. The highest BCUT2D eigenvalue weighted by molar-refractivity contribution is 7.09. The molecule has 1 fully saturated rings. The van der Waals surface area contributed by atoms with Gasteiger partial charge in [0.25, 0.3) is 0 Å². The Balaban J connectivity index is 1.59. The number of carbonyl (C=O) groups is 1. The van der Waals surface area contributed by atoms with Crippen molar-refractivity contribution in [1.82, 2.24) is 10.2 Å². The second-order valence-corrected chi connectivity index (χ2v) is 6.72. The van der Waals surface area contributed by atoms with Crippen LogP contribution in [0.4, 0.5) is 9.18 Å². The Labute approximate surface area is 138 Å². The Morgan fingerprint density at radius 2 is 2.09 bits per heavy atom. The van der Waals surface area contributed by atoms with E-state index in [9.17, 15) is 14.3 Å². The minimum Gasteiger partial charge on any atom is -0.387 e. The molecule has 3 rings (SSSR count). The van der Waals surface area contributed by atoms with Crippen molar-refractivity contribution in [1.29, 1.82) is 0 Å². The quantitative estimate of drug-likeness (QED) is 0.852. The number of rotatable bonds is 6. The first-order valence-corrected chi connectivity index (χ1v) is 8.52. The van der Waals surface area contributed by atoms with Gasteiger partial charge in [0.05, 0.1) is 19.2 Å². The van der Waals surface area contributed by atoms with Gasteiger partial charge in [-0.15, -0.1) is 11.3 Å². The van der Waals surface area contributed by atoms with Crippen LogP contribution in [0.15, 0.2) is 41.8 Å². The molecule has 1 aromatic heterocycles. The van der Waals surface area contributed by atoms with Gasteiger partial charge < -0.3 is 15.3 Å². The monoisotopic (exact) mass is 334 g/mol. The number of aliphatic hydroxyl groups excluding tert-OH is 1. The number of nitrogens with one attached hydrogen (secondary N) is 1. The molecule has 1 aliphatic carbocycles. The molecule has 122 valence electrons. The summed E-state index contributed by atoms with van der Waals surface area (Å²) in [6, 6.07) is 9.68. The highest BCUT2D eigenvalue weighted by Gasteiger charge is 2.34. The highest BCUT2D eigenvalue weighted by atomic mass is 32.1. The summed E-state index contributed by atoms with van der Waals surface area (Å²) in [6.07, 6.45) is 1.11. The molecule has 2 aromatic rings. The molecule has 0 saturated heterocycles. The van der Waals surface area contributed by atoms with E-state index in [0.717, 1.165) is 17.7 Å². The van der Waals surface area contributed by atoms with E-state index < -0.39 is 6.10 Å². The van der Waals surface area contributed by atoms with Gasteiger partial charge in [-0.1, -0.05) is 18.2 Å². The number of nitrogens with zero attached hydrogens (tertiary/aromatic N) is 1. The molecule has 2 N–H and O–H groups in total. The summed E-state index contributed by atoms with van der Waals surface area (Å²) in [7, 11) is 0. The predicted octanol–water partition coefficient (Wildman–Crippen LogP) is 3.29. The molecule has 1 aliphatic rings. The Hall–Kier alpha value is -1.92. The molecule has 0 spiro atoms. The summed E-state index contributed by atoms with van der Waals surface area (Å²) in [4.78, 5) is 15.2. The maximum absolute atomic E-state index is 13.0. The van der Waals surface area contributed by atoms with E-state index in [1.165, 1.54) is 12.1 Å². The largest absolute Gasteiger partial charge is 0.387 e. The fraction of sp³-hybridized carbons (Fsp3) is 0.353. The molecule has 23 heavy (non-hydrogen) atoms.